The van der Waals surface area contributed by atoms with Crippen LogP contribution in [0.1, 0.15) is 11.8 Å². The van der Waals surface area contributed by atoms with Gasteiger partial charge in [0.2, 0.25) is 5.91 Å². The highest BCUT2D eigenvalue weighted by atomic mass is 79.9. The molecule has 6 nitrogen and oxygen atoms in total. The smallest absolute Gasteiger partial charge is 0.325 e. The SMILES string of the molecule is C[C@@]1(c2ccc(Br)s2)NC(=O)N(CC(N)=O)C1=O. The third kappa shape index (κ3) is 2.01. The molecule has 18 heavy (non-hydrogen) atoms. The lowest BCUT2D eigenvalue weighted by Gasteiger charge is -2.19. The molecule has 1 aliphatic heterocycles. The van der Waals surface area contributed by atoms with Crippen molar-refractivity contribution in [2.24, 2.45) is 5.73 Å². The van der Waals surface area contributed by atoms with E-state index in [4.69, 9.17) is 5.73 Å². The first kappa shape index (κ1) is 13.0. The summed E-state index contributed by atoms with van der Waals surface area (Å²) in [5.41, 5.74) is 3.87. The Balaban J connectivity index is 2.34. The maximum Gasteiger partial charge on any atom is 0.325 e. The molecular formula is C10H10BrN3O3S. The van der Waals surface area contributed by atoms with E-state index >= 15 is 0 Å². The Bertz CT molecular complexity index is 544. The molecule has 0 radical (unpaired) electrons. The Morgan fingerprint density at radius 2 is 2.22 bits per heavy atom. The lowest BCUT2D eigenvalue weighted by molar-refractivity contribution is -0.134. The average Bonchev–Trinajstić information content (AvgIpc) is 2.78. The maximum atomic E-state index is 12.2. The summed E-state index contributed by atoms with van der Waals surface area (Å²) in [5.74, 6) is -1.20. The van der Waals surface area contributed by atoms with Gasteiger partial charge < -0.3 is 11.1 Å². The van der Waals surface area contributed by atoms with E-state index in [1.54, 1.807) is 19.1 Å². The van der Waals surface area contributed by atoms with Crippen LogP contribution in [0.25, 0.3) is 0 Å². The first-order valence-electron chi connectivity index (χ1n) is 5.03. The third-order valence-electron chi connectivity index (χ3n) is 2.65. The van der Waals surface area contributed by atoms with Gasteiger partial charge in [0.15, 0.2) is 5.54 Å². The summed E-state index contributed by atoms with van der Waals surface area (Å²) in [6.07, 6.45) is 0. The Labute approximate surface area is 115 Å². The summed E-state index contributed by atoms with van der Waals surface area (Å²) in [4.78, 5) is 36.3. The van der Waals surface area contributed by atoms with Crippen molar-refractivity contribution >= 4 is 45.1 Å². The standard InChI is InChI=1S/C10H10BrN3O3S/c1-10(5-2-3-6(11)18-5)8(16)14(4-7(12)15)9(17)13-10/h2-3H,4H2,1H3,(H2,12,15)(H,13,17)/t10-/m0/s1. The highest BCUT2D eigenvalue weighted by molar-refractivity contribution is 9.11. The van der Waals surface area contributed by atoms with E-state index in [1.165, 1.54) is 11.3 Å². The molecule has 2 rings (SSSR count). The van der Waals surface area contributed by atoms with E-state index in [0.717, 1.165) is 8.69 Å². The molecule has 4 amide bonds. The second-order valence-electron chi connectivity index (χ2n) is 4.02. The highest BCUT2D eigenvalue weighted by Crippen LogP contribution is 2.35. The Kier molecular flexibility index (Phi) is 3.16. The van der Waals surface area contributed by atoms with Gasteiger partial charge in [0.25, 0.3) is 5.91 Å². The van der Waals surface area contributed by atoms with Crippen LogP contribution in [-0.4, -0.2) is 29.3 Å². The van der Waals surface area contributed by atoms with Crippen LogP contribution in [0, 0.1) is 0 Å². The third-order valence-corrected chi connectivity index (χ3v) is 4.50. The number of nitrogens with two attached hydrogens (primary N) is 1. The highest BCUT2D eigenvalue weighted by Gasteiger charge is 2.50. The summed E-state index contributed by atoms with van der Waals surface area (Å²) < 4.78 is 0.856. The van der Waals surface area contributed by atoms with Crippen LogP contribution in [0.5, 0.6) is 0 Å². The minimum atomic E-state index is -1.14. The van der Waals surface area contributed by atoms with E-state index in [2.05, 4.69) is 21.2 Å². The second kappa shape index (κ2) is 4.36. The number of carbonyl (C=O) groups is 3. The normalized spacial score (nSPS) is 23.3. The van der Waals surface area contributed by atoms with Crippen molar-refractivity contribution in [1.82, 2.24) is 10.2 Å². The monoisotopic (exact) mass is 331 g/mol. The van der Waals surface area contributed by atoms with E-state index in [0.29, 0.717) is 4.88 Å². The Morgan fingerprint density at radius 3 is 2.72 bits per heavy atom. The van der Waals surface area contributed by atoms with Gasteiger partial charge in [-0.15, -0.1) is 11.3 Å². The van der Waals surface area contributed by atoms with Crippen LogP contribution >= 0.6 is 27.3 Å². The van der Waals surface area contributed by atoms with Crippen LogP contribution in [0.2, 0.25) is 0 Å². The number of hydrogen-bond acceptors (Lipinski definition) is 4. The predicted octanol–water partition coefficient (Wildman–Crippen LogP) is 0.763. The van der Waals surface area contributed by atoms with E-state index in [-0.39, 0.29) is 0 Å². The molecule has 0 aliphatic carbocycles. The second-order valence-corrected chi connectivity index (χ2v) is 6.48. The lowest BCUT2D eigenvalue weighted by Crippen LogP contribution is -2.41. The lowest BCUT2D eigenvalue weighted by atomic mass is 10.0. The van der Waals surface area contributed by atoms with Gasteiger partial charge in [-0.3, -0.25) is 14.5 Å². The fourth-order valence-corrected chi connectivity index (χ4v) is 3.23. The van der Waals surface area contributed by atoms with Crippen molar-refractivity contribution in [3.8, 4) is 0 Å². The molecule has 0 aromatic carbocycles. The quantitative estimate of drug-likeness (QED) is 0.801. The van der Waals surface area contributed by atoms with E-state index in [1.807, 2.05) is 0 Å². The summed E-state index contributed by atoms with van der Waals surface area (Å²) in [5, 5.41) is 2.58. The van der Waals surface area contributed by atoms with Gasteiger partial charge in [0, 0.05) is 4.88 Å². The van der Waals surface area contributed by atoms with Gasteiger partial charge in [0.05, 0.1) is 3.79 Å². The van der Waals surface area contributed by atoms with Crippen LogP contribution in [0.4, 0.5) is 4.79 Å². The largest absolute Gasteiger partial charge is 0.368 e. The molecule has 0 saturated carbocycles. The summed E-state index contributed by atoms with van der Waals surface area (Å²) in [6, 6.07) is 2.94. The fraction of sp³-hybridized carbons (Fsp3) is 0.300. The zero-order chi connectivity index (χ0) is 13.5. The molecule has 96 valence electrons. The van der Waals surface area contributed by atoms with E-state index in [9.17, 15) is 14.4 Å². The molecule has 1 atom stereocenters. The Hall–Kier alpha value is -1.41. The number of imide groups is 1. The molecule has 1 saturated heterocycles. The van der Waals surface area contributed by atoms with Crippen LogP contribution in [0.15, 0.2) is 15.9 Å². The number of urea groups is 1. The van der Waals surface area contributed by atoms with Gasteiger partial charge in [-0.1, -0.05) is 0 Å². The molecule has 1 aliphatic rings. The zero-order valence-corrected chi connectivity index (χ0v) is 11.8. The average molecular weight is 332 g/mol. The molecule has 1 aromatic heterocycles. The molecular weight excluding hydrogens is 322 g/mol. The molecule has 0 unspecified atom stereocenters. The van der Waals surface area contributed by atoms with Gasteiger partial charge in [-0.25, -0.2) is 4.79 Å². The van der Waals surface area contributed by atoms with Gasteiger partial charge in [-0.05, 0) is 35.0 Å². The van der Waals surface area contributed by atoms with Crippen LogP contribution in [0.3, 0.4) is 0 Å². The number of rotatable bonds is 3. The first-order chi connectivity index (χ1) is 8.34. The summed E-state index contributed by atoms with van der Waals surface area (Å²) in [7, 11) is 0. The van der Waals surface area contributed by atoms with Crippen molar-refractivity contribution in [2.75, 3.05) is 6.54 Å². The van der Waals surface area contributed by atoms with Crippen LogP contribution < -0.4 is 11.1 Å². The number of primary amides is 1. The number of thiophene rings is 1. The van der Waals surface area contributed by atoms with Crippen molar-refractivity contribution in [1.29, 1.82) is 0 Å². The number of halogens is 1. The molecule has 2 heterocycles. The van der Waals surface area contributed by atoms with Crippen molar-refractivity contribution < 1.29 is 14.4 Å². The van der Waals surface area contributed by atoms with Crippen LogP contribution in [-0.2, 0) is 15.1 Å². The van der Waals surface area contributed by atoms with Crippen molar-refractivity contribution in [2.45, 2.75) is 12.5 Å². The number of nitrogens with zero attached hydrogens (tertiary/aromatic N) is 1. The molecule has 1 aromatic rings. The van der Waals surface area contributed by atoms with E-state index < -0.39 is 29.9 Å². The summed E-state index contributed by atoms with van der Waals surface area (Å²) >= 11 is 4.65. The first-order valence-corrected chi connectivity index (χ1v) is 6.64. The number of hydrogen-bond donors (Lipinski definition) is 2. The number of nitrogens with one attached hydrogen (secondary N) is 1. The topological polar surface area (TPSA) is 92.5 Å². The van der Waals surface area contributed by atoms with Gasteiger partial charge in [0.1, 0.15) is 6.54 Å². The van der Waals surface area contributed by atoms with Crippen molar-refractivity contribution in [3.05, 3.63) is 20.8 Å². The van der Waals surface area contributed by atoms with Gasteiger partial charge >= 0.3 is 6.03 Å². The minimum absolute atomic E-state index is 0.410. The molecule has 0 spiro atoms. The molecule has 0 bridgehead atoms. The Morgan fingerprint density at radius 1 is 1.56 bits per heavy atom. The van der Waals surface area contributed by atoms with Gasteiger partial charge in [-0.2, -0.15) is 0 Å². The summed E-state index contributed by atoms with van der Waals surface area (Å²) in [6.45, 7) is 1.19. The molecule has 1 fully saturated rings. The number of carbonyl (C=O) groups excluding carboxylic acids is 3. The molecule has 8 heteroatoms. The predicted molar refractivity (Wildman–Crippen MR) is 68.8 cm³/mol. The minimum Gasteiger partial charge on any atom is -0.368 e. The maximum absolute atomic E-state index is 12.2. The number of amides is 4. The molecule has 3 N–H and O–H groups in total. The fourth-order valence-electron chi connectivity index (χ4n) is 1.75. The van der Waals surface area contributed by atoms with Crippen molar-refractivity contribution in [3.63, 3.8) is 0 Å². The zero-order valence-electron chi connectivity index (χ0n) is 9.40.